The maximum atomic E-state index is 12.0. The van der Waals surface area contributed by atoms with Gasteiger partial charge in [-0.1, -0.05) is 49.6 Å². The molecule has 0 saturated heterocycles. The third-order valence-corrected chi connectivity index (χ3v) is 5.26. The van der Waals surface area contributed by atoms with Crippen LogP contribution in [0.25, 0.3) is 0 Å². The molecule has 1 aromatic carbocycles. The van der Waals surface area contributed by atoms with Crippen molar-refractivity contribution < 1.29 is 9.59 Å². The molecule has 1 aromatic rings. The fourth-order valence-corrected chi connectivity index (χ4v) is 3.52. The summed E-state index contributed by atoms with van der Waals surface area (Å²) < 4.78 is 0. The Kier molecular flexibility index (Phi) is 4.99. The van der Waals surface area contributed by atoms with Gasteiger partial charge in [0.15, 0.2) is 0 Å². The van der Waals surface area contributed by atoms with Crippen molar-refractivity contribution in [3.8, 4) is 0 Å². The summed E-state index contributed by atoms with van der Waals surface area (Å²) in [4.78, 5) is 24.1. The summed E-state index contributed by atoms with van der Waals surface area (Å²) in [7, 11) is 0. The molecular formula is C19H26N2O2. The molecule has 4 heteroatoms. The van der Waals surface area contributed by atoms with Gasteiger partial charge in [-0.05, 0) is 31.2 Å². The molecule has 23 heavy (non-hydrogen) atoms. The molecule has 2 N–H and O–H groups in total. The summed E-state index contributed by atoms with van der Waals surface area (Å²) >= 11 is 0. The van der Waals surface area contributed by atoms with Gasteiger partial charge in [-0.3, -0.25) is 9.59 Å². The van der Waals surface area contributed by atoms with Crippen molar-refractivity contribution in [3.63, 3.8) is 0 Å². The standard InChI is InChI=1S/C19H26N2O2/c22-17(13-20-18(23)15-7-3-1-4-8-15)21-14-19(11-12-19)16-9-5-2-6-10-16/h2,5-6,9-10,15H,1,3-4,7-8,11-14H2,(H,20,23)(H,21,22). The Labute approximate surface area is 138 Å². The topological polar surface area (TPSA) is 58.2 Å². The molecule has 0 unspecified atom stereocenters. The molecule has 2 saturated carbocycles. The van der Waals surface area contributed by atoms with Crippen LogP contribution >= 0.6 is 0 Å². The molecule has 0 bridgehead atoms. The number of rotatable bonds is 6. The quantitative estimate of drug-likeness (QED) is 0.848. The number of hydrogen-bond acceptors (Lipinski definition) is 2. The highest BCUT2D eigenvalue weighted by Gasteiger charge is 2.44. The van der Waals surface area contributed by atoms with Crippen LogP contribution in [0.15, 0.2) is 30.3 Å². The highest BCUT2D eigenvalue weighted by molar-refractivity contribution is 5.85. The molecule has 2 fully saturated rings. The van der Waals surface area contributed by atoms with E-state index in [0.29, 0.717) is 6.54 Å². The van der Waals surface area contributed by atoms with Crippen LogP contribution in [-0.4, -0.2) is 24.9 Å². The third-order valence-electron chi connectivity index (χ3n) is 5.26. The van der Waals surface area contributed by atoms with Gasteiger partial charge in [0.25, 0.3) is 0 Å². The van der Waals surface area contributed by atoms with E-state index in [-0.39, 0.29) is 29.7 Å². The average Bonchev–Trinajstić information content (AvgIpc) is 3.41. The first-order chi connectivity index (χ1) is 11.2. The fourth-order valence-electron chi connectivity index (χ4n) is 3.52. The second-order valence-corrected chi connectivity index (χ2v) is 6.98. The second kappa shape index (κ2) is 7.16. The van der Waals surface area contributed by atoms with Crippen molar-refractivity contribution >= 4 is 11.8 Å². The maximum absolute atomic E-state index is 12.0. The Bertz CT molecular complexity index is 546. The molecule has 2 amide bonds. The van der Waals surface area contributed by atoms with E-state index < -0.39 is 0 Å². The molecular weight excluding hydrogens is 288 g/mol. The zero-order valence-electron chi connectivity index (χ0n) is 13.6. The fraction of sp³-hybridized carbons (Fsp3) is 0.579. The Morgan fingerprint density at radius 3 is 2.35 bits per heavy atom. The lowest BCUT2D eigenvalue weighted by Gasteiger charge is -2.21. The molecule has 4 nitrogen and oxygen atoms in total. The normalized spacial score (nSPS) is 19.8. The molecule has 2 aliphatic carbocycles. The van der Waals surface area contributed by atoms with Crippen molar-refractivity contribution in [2.75, 3.05) is 13.1 Å². The zero-order chi connectivity index (χ0) is 16.1. The summed E-state index contributed by atoms with van der Waals surface area (Å²) in [5.41, 5.74) is 1.41. The minimum absolute atomic E-state index is 0.0454. The number of carbonyl (C=O) groups excluding carboxylic acids is 2. The van der Waals surface area contributed by atoms with Crippen LogP contribution in [-0.2, 0) is 15.0 Å². The monoisotopic (exact) mass is 314 g/mol. The average molecular weight is 314 g/mol. The van der Waals surface area contributed by atoms with Gasteiger partial charge in [-0.2, -0.15) is 0 Å². The number of nitrogens with one attached hydrogen (secondary N) is 2. The first-order valence-corrected chi connectivity index (χ1v) is 8.80. The van der Waals surface area contributed by atoms with E-state index in [0.717, 1.165) is 38.5 Å². The smallest absolute Gasteiger partial charge is 0.239 e. The zero-order valence-corrected chi connectivity index (χ0v) is 13.6. The molecule has 0 spiro atoms. The lowest BCUT2D eigenvalue weighted by molar-refractivity contribution is -0.129. The molecule has 0 aliphatic heterocycles. The SMILES string of the molecule is O=C(CNC(=O)C1CCCCC1)NCC1(c2ccccc2)CC1. The number of benzene rings is 1. The molecule has 0 radical (unpaired) electrons. The summed E-state index contributed by atoms with van der Waals surface area (Å²) in [5.74, 6) is 0.0658. The summed E-state index contributed by atoms with van der Waals surface area (Å²) in [6.45, 7) is 0.759. The number of carbonyl (C=O) groups is 2. The summed E-state index contributed by atoms with van der Waals surface area (Å²) in [5, 5.41) is 5.79. The van der Waals surface area contributed by atoms with Crippen LogP contribution in [0.2, 0.25) is 0 Å². The van der Waals surface area contributed by atoms with Gasteiger partial charge in [-0.15, -0.1) is 0 Å². The van der Waals surface area contributed by atoms with E-state index in [2.05, 4.69) is 22.8 Å². The highest BCUT2D eigenvalue weighted by atomic mass is 16.2. The highest BCUT2D eigenvalue weighted by Crippen LogP contribution is 2.47. The molecule has 0 atom stereocenters. The van der Waals surface area contributed by atoms with Gasteiger partial charge < -0.3 is 10.6 Å². The molecule has 3 rings (SSSR count). The van der Waals surface area contributed by atoms with Crippen LogP contribution in [0, 0.1) is 5.92 Å². The van der Waals surface area contributed by atoms with Gasteiger partial charge in [-0.25, -0.2) is 0 Å². The first kappa shape index (κ1) is 16.0. The van der Waals surface area contributed by atoms with E-state index in [4.69, 9.17) is 0 Å². The lowest BCUT2D eigenvalue weighted by atomic mass is 9.89. The van der Waals surface area contributed by atoms with Gasteiger partial charge in [0.05, 0.1) is 6.54 Å². The molecule has 2 aliphatic rings. The minimum atomic E-state index is -0.0867. The predicted molar refractivity (Wildman–Crippen MR) is 89.9 cm³/mol. The predicted octanol–water partition coefficient (Wildman–Crippen LogP) is 2.53. The van der Waals surface area contributed by atoms with Crippen molar-refractivity contribution in [2.45, 2.75) is 50.4 Å². The third kappa shape index (κ3) is 4.12. The van der Waals surface area contributed by atoms with Crippen LogP contribution < -0.4 is 10.6 Å². The van der Waals surface area contributed by atoms with E-state index >= 15 is 0 Å². The molecule has 124 valence electrons. The van der Waals surface area contributed by atoms with Crippen molar-refractivity contribution in [1.82, 2.24) is 10.6 Å². The Balaban J connectivity index is 1.41. The Morgan fingerprint density at radius 2 is 1.70 bits per heavy atom. The van der Waals surface area contributed by atoms with Gasteiger partial charge in [0, 0.05) is 17.9 Å². The molecule has 0 aromatic heterocycles. The first-order valence-electron chi connectivity index (χ1n) is 8.80. The summed E-state index contributed by atoms with van der Waals surface area (Å²) in [6, 6.07) is 10.4. The van der Waals surface area contributed by atoms with Gasteiger partial charge in [0.1, 0.15) is 0 Å². The van der Waals surface area contributed by atoms with Gasteiger partial charge >= 0.3 is 0 Å². The van der Waals surface area contributed by atoms with Crippen LogP contribution in [0.1, 0.15) is 50.5 Å². The van der Waals surface area contributed by atoms with Crippen molar-refractivity contribution in [3.05, 3.63) is 35.9 Å². The van der Waals surface area contributed by atoms with E-state index in [1.807, 2.05) is 18.2 Å². The second-order valence-electron chi connectivity index (χ2n) is 6.98. The maximum Gasteiger partial charge on any atom is 0.239 e. The van der Waals surface area contributed by atoms with Crippen molar-refractivity contribution in [2.24, 2.45) is 5.92 Å². The Hall–Kier alpha value is -1.84. The van der Waals surface area contributed by atoms with Crippen molar-refractivity contribution in [1.29, 1.82) is 0 Å². The van der Waals surface area contributed by atoms with Crippen LogP contribution in [0.5, 0.6) is 0 Å². The minimum Gasteiger partial charge on any atom is -0.354 e. The number of amides is 2. The Morgan fingerprint density at radius 1 is 1.00 bits per heavy atom. The molecule has 0 heterocycles. The lowest BCUT2D eigenvalue weighted by Crippen LogP contribution is -2.42. The van der Waals surface area contributed by atoms with E-state index in [1.165, 1.54) is 12.0 Å². The summed E-state index contributed by atoms with van der Waals surface area (Å²) in [6.07, 6.45) is 7.65. The van der Waals surface area contributed by atoms with Gasteiger partial charge in [0.2, 0.25) is 11.8 Å². The van der Waals surface area contributed by atoms with E-state index in [1.54, 1.807) is 0 Å². The number of hydrogen-bond donors (Lipinski definition) is 2. The van der Waals surface area contributed by atoms with E-state index in [9.17, 15) is 9.59 Å². The van der Waals surface area contributed by atoms with Crippen LogP contribution in [0.4, 0.5) is 0 Å². The largest absolute Gasteiger partial charge is 0.354 e. The van der Waals surface area contributed by atoms with Crippen LogP contribution in [0.3, 0.4) is 0 Å².